The van der Waals surface area contributed by atoms with Gasteiger partial charge in [0.1, 0.15) is 0 Å². The van der Waals surface area contributed by atoms with Crippen LogP contribution >= 0.6 is 0 Å². The van der Waals surface area contributed by atoms with Gasteiger partial charge in [0.05, 0.1) is 30.2 Å². The van der Waals surface area contributed by atoms with E-state index in [-0.39, 0.29) is 5.91 Å². The fourth-order valence-electron chi connectivity index (χ4n) is 3.89. The van der Waals surface area contributed by atoms with E-state index < -0.39 is 0 Å². The van der Waals surface area contributed by atoms with Crippen LogP contribution in [0.25, 0.3) is 0 Å². The number of aromatic nitrogens is 2. The van der Waals surface area contributed by atoms with Crippen molar-refractivity contribution in [1.82, 2.24) is 24.9 Å². The first-order valence-corrected chi connectivity index (χ1v) is 9.36. The van der Waals surface area contributed by atoms with Gasteiger partial charge < -0.3 is 14.5 Å². The van der Waals surface area contributed by atoms with Crippen LogP contribution in [-0.2, 0) is 4.74 Å². The Bertz CT molecular complexity index is 574. The van der Waals surface area contributed by atoms with E-state index in [1.807, 2.05) is 0 Å². The number of carbonyl (C=O) groups excluding carboxylic acids is 1. The van der Waals surface area contributed by atoms with Crippen LogP contribution in [-0.4, -0.2) is 96.9 Å². The first-order chi connectivity index (χ1) is 12.0. The molecular weight excluding hydrogens is 318 g/mol. The quantitative estimate of drug-likeness (QED) is 0.860. The summed E-state index contributed by atoms with van der Waals surface area (Å²) in [6, 6.07) is 0. The average Bonchev–Trinajstić information content (AvgIpc) is 3.09. The Morgan fingerprint density at radius 1 is 1.32 bits per heavy atom. The summed E-state index contributed by atoms with van der Waals surface area (Å²) in [5.74, 6) is 0.391. The minimum Gasteiger partial charge on any atom is -0.376 e. The zero-order valence-electron chi connectivity index (χ0n) is 15.7. The van der Waals surface area contributed by atoms with Gasteiger partial charge in [-0.15, -0.1) is 0 Å². The number of carbonyl (C=O) groups is 1. The van der Waals surface area contributed by atoms with E-state index >= 15 is 0 Å². The lowest BCUT2D eigenvalue weighted by molar-refractivity contribution is -0.0212. The van der Waals surface area contributed by atoms with Crippen molar-refractivity contribution < 1.29 is 9.53 Å². The Morgan fingerprint density at radius 2 is 2.08 bits per heavy atom. The summed E-state index contributed by atoms with van der Waals surface area (Å²) in [4.78, 5) is 19.0. The number of nitrogens with one attached hydrogen (secondary N) is 1. The molecule has 0 bridgehead atoms. The first kappa shape index (κ1) is 18.4. The Morgan fingerprint density at radius 3 is 2.80 bits per heavy atom. The Balaban J connectivity index is 1.56. The highest BCUT2D eigenvalue weighted by Crippen LogP contribution is 2.28. The molecule has 2 aliphatic rings. The SMILES string of the molecule is C[C@H]1CN(CCN2CCC[C@@H](c3[nH]ncc3C(=O)N(C)C)C2)CCO1. The maximum atomic E-state index is 12.3. The molecule has 7 nitrogen and oxygen atoms in total. The molecule has 0 unspecified atom stereocenters. The fraction of sp³-hybridized carbons (Fsp3) is 0.778. The second-order valence-electron chi connectivity index (χ2n) is 7.52. The summed E-state index contributed by atoms with van der Waals surface area (Å²) in [6.45, 7) is 9.35. The number of amides is 1. The molecule has 2 saturated heterocycles. The number of morpholine rings is 1. The van der Waals surface area contributed by atoms with E-state index in [4.69, 9.17) is 4.74 Å². The number of H-pyrrole nitrogens is 1. The standard InChI is InChI=1S/C18H31N5O2/c1-14-12-23(9-10-25-14)8-7-22-6-4-5-15(13-22)17-16(11-19-20-17)18(24)21(2)3/h11,14-15H,4-10,12-13H2,1-3H3,(H,19,20)/t14-,15+/m0/s1. The molecular formula is C18H31N5O2. The molecule has 0 aliphatic carbocycles. The largest absolute Gasteiger partial charge is 0.376 e. The highest BCUT2D eigenvalue weighted by molar-refractivity contribution is 5.94. The zero-order chi connectivity index (χ0) is 17.8. The van der Waals surface area contributed by atoms with Crippen molar-refractivity contribution in [3.63, 3.8) is 0 Å². The van der Waals surface area contributed by atoms with Crippen LogP contribution in [0.1, 0.15) is 41.7 Å². The molecule has 25 heavy (non-hydrogen) atoms. The molecule has 1 aromatic rings. The van der Waals surface area contributed by atoms with E-state index in [9.17, 15) is 4.79 Å². The van der Waals surface area contributed by atoms with Crippen LogP contribution in [0.4, 0.5) is 0 Å². The number of aromatic amines is 1. The number of hydrogen-bond acceptors (Lipinski definition) is 5. The molecule has 7 heteroatoms. The highest BCUT2D eigenvalue weighted by atomic mass is 16.5. The second-order valence-corrected chi connectivity index (χ2v) is 7.52. The van der Waals surface area contributed by atoms with E-state index in [0.717, 1.165) is 63.6 Å². The third-order valence-corrected chi connectivity index (χ3v) is 5.28. The van der Waals surface area contributed by atoms with Gasteiger partial charge in [0, 0.05) is 52.7 Å². The summed E-state index contributed by atoms with van der Waals surface area (Å²) in [5, 5.41) is 7.23. The van der Waals surface area contributed by atoms with Gasteiger partial charge in [0.15, 0.2) is 0 Å². The summed E-state index contributed by atoms with van der Waals surface area (Å²) in [7, 11) is 3.57. The number of likely N-dealkylation sites (tertiary alicyclic amines) is 1. The van der Waals surface area contributed by atoms with Gasteiger partial charge in [-0.25, -0.2) is 0 Å². The van der Waals surface area contributed by atoms with Crippen molar-refractivity contribution in [3.8, 4) is 0 Å². The van der Waals surface area contributed by atoms with Crippen molar-refractivity contribution in [3.05, 3.63) is 17.5 Å². The van der Waals surface area contributed by atoms with Crippen molar-refractivity contribution in [2.45, 2.75) is 31.8 Å². The minimum absolute atomic E-state index is 0.0307. The number of hydrogen-bond donors (Lipinski definition) is 1. The third-order valence-electron chi connectivity index (χ3n) is 5.28. The number of ether oxygens (including phenoxy) is 1. The van der Waals surface area contributed by atoms with E-state index in [0.29, 0.717) is 12.0 Å². The van der Waals surface area contributed by atoms with Crippen LogP contribution in [0, 0.1) is 0 Å². The van der Waals surface area contributed by atoms with Crippen LogP contribution in [0.15, 0.2) is 6.20 Å². The molecule has 0 radical (unpaired) electrons. The van der Waals surface area contributed by atoms with Gasteiger partial charge in [-0.05, 0) is 26.3 Å². The second kappa shape index (κ2) is 8.29. The number of rotatable bonds is 5. The normalized spacial score (nSPS) is 25.9. The minimum atomic E-state index is 0.0307. The molecule has 2 fully saturated rings. The topological polar surface area (TPSA) is 64.7 Å². The molecule has 0 spiro atoms. The molecule has 1 aromatic heterocycles. The van der Waals surface area contributed by atoms with Crippen LogP contribution in [0.2, 0.25) is 0 Å². The molecule has 1 amide bonds. The Hall–Kier alpha value is -1.44. The van der Waals surface area contributed by atoms with Crippen LogP contribution in [0.3, 0.4) is 0 Å². The molecule has 3 heterocycles. The van der Waals surface area contributed by atoms with E-state index in [1.165, 1.54) is 6.42 Å². The van der Waals surface area contributed by atoms with Crippen LogP contribution in [0.5, 0.6) is 0 Å². The lowest BCUT2D eigenvalue weighted by Crippen LogP contribution is -2.46. The molecule has 2 aliphatic heterocycles. The van der Waals surface area contributed by atoms with Crippen molar-refractivity contribution in [2.24, 2.45) is 0 Å². The summed E-state index contributed by atoms with van der Waals surface area (Å²) >= 11 is 0. The van der Waals surface area contributed by atoms with E-state index in [1.54, 1.807) is 25.2 Å². The maximum absolute atomic E-state index is 12.3. The summed E-state index contributed by atoms with van der Waals surface area (Å²) in [5.41, 5.74) is 1.72. The molecule has 2 atom stereocenters. The third kappa shape index (κ3) is 4.59. The van der Waals surface area contributed by atoms with Crippen molar-refractivity contribution >= 4 is 5.91 Å². The lowest BCUT2D eigenvalue weighted by atomic mass is 9.92. The smallest absolute Gasteiger partial charge is 0.256 e. The zero-order valence-corrected chi connectivity index (χ0v) is 15.7. The molecule has 1 N–H and O–H groups in total. The number of piperidine rings is 1. The van der Waals surface area contributed by atoms with Gasteiger partial charge in [0.25, 0.3) is 5.91 Å². The summed E-state index contributed by atoms with van der Waals surface area (Å²) < 4.78 is 5.62. The Kier molecular flexibility index (Phi) is 6.09. The predicted molar refractivity (Wildman–Crippen MR) is 96.9 cm³/mol. The van der Waals surface area contributed by atoms with Crippen molar-refractivity contribution in [2.75, 3.05) is 60.0 Å². The maximum Gasteiger partial charge on any atom is 0.256 e. The highest BCUT2D eigenvalue weighted by Gasteiger charge is 2.27. The number of nitrogens with zero attached hydrogens (tertiary/aromatic N) is 4. The van der Waals surface area contributed by atoms with Gasteiger partial charge in [-0.3, -0.25) is 14.8 Å². The fourth-order valence-corrected chi connectivity index (χ4v) is 3.89. The monoisotopic (exact) mass is 349 g/mol. The average molecular weight is 349 g/mol. The van der Waals surface area contributed by atoms with Gasteiger partial charge in [0.2, 0.25) is 0 Å². The van der Waals surface area contributed by atoms with Gasteiger partial charge >= 0.3 is 0 Å². The van der Waals surface area contributed by atoms with Gasteiger partial charge in [-0.2, -0.15) is 5.10 Å². The first-order valence-electron chi connectivity index (χ1n) is 9.36. The predicted octanol–water partition coefficient (Wildman–Crippen LogP) is 1.01. The molecule has 3 rings (SSSR count). The van der Waals surface area contributed by atoms with Crippen LogP contribution < -0.4 is 0 Å². The lowest BCUT2D eigenvalue weighted by Gasteiger charge is -2.36. The molecule has 0 saturated carbocycles. The molecule has 140 valence electrons. The van der Waals surface area contributed by atoms with E-state index in [2.05, 4.69) is 26.9 Å². The Labute approximate surface area is 150 Å². The molecule has 0 aromatic carbocycles. The summed E-state index contributed by atoms with van der Waals surface area (Å²) in [6.07, 6.45) is 4.29. The van der Waals surface area contributed by atoms with Crippen molar-refractivity contribution in [1.29, 1.82) is 0 Å². The van der Waals surface area contributed by atoms with Gasteiger partial charge in [-0.1, -0.05) is 0 Å².